The monoisotopic (exact) mass is 422 g/mol. The fraction of sp³-hybridized carbons (Fsp3) is 0.400. The normalized spacial score (nSPS) is 25.3. The van der Waals surface area contributed by atoms with Gasteiger partial charge in [-0.3, -0.25) is 4.79 Å². The lowest BCUT2D eigenvalue weighted by molar-refractivity contribution is -0.148. The van der Waals surface area contributed by atoms with E-state index in [1.54, 1.807) is 6.07 Å². The number of benzene rings is 2. The second kappa shape index (κ2) is 5.96. The van der Waals surface area contributed by atoms with E-state index in [0.717, 1.165) is 11.6 Å². The van der Waals surface area contributed by atoms with E-state index in [9.17, 15) is 20.1 Å². The zero-order valence-corrected chi connectivity index (χ0v) is 18.2. The highest BCUT2D eigenvalue weighted by Crippen LogP contribution is 2.68. The molecule has 0 amide bonds. The highest BCUT2D eigenvalue weighted by Gasteiger charge is 2.63. The Bertz CT molecular complexity index is 1300. The van der Waals surface area contributed by atoms with Gasteiger partial charge >= 0.3 is 0 Å². The molecule has 1 saturated carbocycles. The van der Waals surface area contributed by atoms with Crippen molar-refractivity contribution in [1.82, 2.24) is 0 Å². The molecule has 2 aromatic carbocycles. The van der Waals surface area contributed by atoms with Gasteiger partial charge in [0, 0.05) is 30.2 Å². The van der Waals surface area contributed by atoms with Crippen molar-refractivity contribution in [2.24, 2.45) is 17.3 Å². The van der Waals surface area contributed by atoms with Crippen LogP contribution in [0.3, 0.4) is 0 Å². The summed E-state index contributed by atoms with van der Waals surface area (Å²) in [5.41, 5.74) is 0.644. The third kappa shape index (κ3) is 2.60. The van der Waals surface area contributed by atoms with E-state index in [2.05, 4.69) is 34.6 Å². The summed E-state index contributed by atoms with van der Waals surface area (Å²) in [6, 6.07) is 7.05. The summed E-state index contributed by atoms with van der Waals surface area (Å²) in [5, 5.41) is 30.6. The van der Waals surface area contributed by atoms with Crippen molar-refractivity contribution in [3.63, 3.8) is 0 Å². The minimum Gasteiger partial charge on any atom is -0.508 e. The molecule has 0 saturated heterocycles. The van der Waals surface area contributed by atoms with Gasteiger partial charge in [0.15, 0.2) is 5.43 Å². The molecule has 2 aliphatic rings. The molecule has 0 radical (unpaired) electrons. The summed E-state index contributed by atoms with van der Waals surface area (Å²) in [4.78, 5) is 12.7. The molecule has 162 valence electrons. The molecule has 3 aromatic rings. The molecule has 6 nitrogen and oxygen atoms in total. The molecule has 1 aliphatic carbocycles. The summed E-state index contributed by atoms with van der Waals surface area (Å²) < 4.78 is 12.1. The Morgan fingerprint density at radius 1 is 0.935 bits per heavy atom. The van der Waals surface area contributed by atoms with E-state index in [4.69, 9.17) is 9.15 Å². The van der Waals surface area contributed by atoms with E-state index < -0.39 is 5.43 Å². The summed E-state index contributed by atoms with van der Waals surface area (Å²) in [5.74, 6) is 1.19. The van der Waals surface area contributed by atoms with Crippen molar-refractivity contribution >= 4 is 11.0 Å². The zero-order chi connectivity index (χ0) is 22.5. The average Bonchev–Trinajstić information content (AvgIpc) is 2.64. The summed E-state index contributed by atoms with van der Waals surface area (Å²) in [6.45, 7) is 10.9. The fourth-order valence-electron chi connectivity index (χ4n) is 5.83. The van der Waals surface area contributed by atoms with Crippen LogP contribution < -0.4 is 10.2 Å². The fourth-order valence-corrected chi connectivity index (χ4v) is 5.83. The van der Waals surface area contributed by atoms with Gasteiger partial charge in [0.1, 0.15) is 45.3 Å². The molecule has 2 heterocycles. The lowest BCUT2D eigenvalue weighted by Crippen LogP contribution is -2.62. The van der Waals surface area contributed by atoms with Crippen molar-refractivity contribution in [3.05, 3.63) is 46.1 Å². The molecule has 0 bridgehead atoms. The van der Waals surface area contributed by atoms with E-state index in [1.165, 1.54) is 12.1 Å². The van der Waals surface area contributed by atoms with Crippen molar-refractivity contribution in [2.45, 2.75) is 46.1 Å². The summed E-state index contributed by atoms with van der Waals surface area (Å²) in [6.07, 6.45) is 0. The van der Waals surface area contributed by atoms with Crippen LogP contribution in [0.2, 0.25) is 0 Å². The highest BCUT2D eigenvalue weighted by molar-refractivity contribution is 5.86. The Morgan fingerprint density at radius 3 is 2.35 bits per heavy atom. The van der Waals surface area contributed by atoms with Gasteiger partial charge in [0.05, 0.1) is 5.56 Å². The number of aromatic hydroxyl groups is 3. The molecule has 6 heteroatoms. The van der Waals surface area contributed by atoms with E-state index in [1.807, 2.05) is 6.07 Å². The highest BCUT2D eigenvalue weighted by atomic mass is 16.5. The largest absolute Gasteiger partial charge is 0.508 e. The molecule has 3 unspecified atom stereocenters. The van der Waals surface area contributed by atoms with Crippen LogP contribution in [-0.2, 0) is 0 Å². The average molecular weight is 422 g/mol. The summed E-state index contributed by atoms with van der Waals surface area (Å²) in [7, 11) is 0. The van der Waals surface area contributed by atoms with Gasteiger partial charge in [-0.2, -0.15) is 0 Å². The first-order valence-corrected chi connectivity index (χ1v) is 10.5. The van der Waals surface area contributed by atoms with Crippen LogP contribution in [-0.4, -0.2) is 20.9 Å². The van der Waals surface area contributed by atoms with Gasteiger partial charge in [0.25, 0.3) is 0 Å². The smallest absolute Gasteiger partial charge is 0.197 e. The Morgan fingerprint density at radius 2 is 1.65 bits per heavy atom. The van der Waals surface area contributed by atoms with Crippen LogP contribution in [0.1, 0.15) is 46.1 Å². The lowest BCUT2D eigenvalue weighted by atomic mass is 9.43. The SMILES string of the molecule is CC1C2C(c3cc(-c4cc(=O)c5c(O)cc(O)cc5o4)c(O)cc3OC2(C)C)C1(C)C. The Balaban J connectivity index is 1.72. The Labute approximate surface area is 179 Å². The molecule has 0 spiro atoms. The number of hydrogen-bond acceptors (Lipinski definition) is 6. The van der Waals surface area contributed by atoms with Crippen LogP contribution in [0.25, 0.3) is 22.3 Å². The number of hydrogen-bond donors (Lipinski definition) is 3. The van der Waals surface area contributed by atoms with Crippen molar-refractivity contribution < 1.29 is 24.5 Å². The van der Waals surface area contributed by atoms with Crippen molar-refractivity contribution in [3.8, 4) is 34.3 Å². The quantitative estimate of drug-likeness (QED) is 0.503. The van der Waals surface area contributed by atoms with Gasteiger partial charge in [-0.05, 0) is 42.7 Å². The summed E-state index contributed by atoms with van der Waals surface area (Å²) >= 11 is 0. The van der Waals surface area contributed by atoms with Gasteiger partial charge in [-0.1, -0.05) is 20.8 Å². The van der Waals surface area contributed by atoms with Crippen LogP contribution >= 0.6 is 0 Å². The predicted molar refractivity (Wildman–Crippen MR) is 117 cm³/mol. The molecule has 31 heavy (non-hydrogen) atoms. The number of ether oxygens (including phenoxy) is 1. The maximum Gasteiger partial charge on any atom is 0.197 e. The minimum absolute atomic E-state index is 0.0157. The standard InChI is InChI=1S/C25H26O6/c1-11-22-23(24(11,2)3)14-8-13(15(27)9-19(14)31-25(22,4)5)18-10-17(29)21-16(28)6-12(26)7-20(21)30-18/h6-11,22-23,26-28H,1-5H3. The maximum absolute atomic E-state index is 12.7. The second-order valence-corrected chi connectivity index (χ2v) is 10.0. The third-order valence-corrected chi connectivity index (χ3v) is 7.57. The van der Waals surface area contributed by atoms with E-state index in [-0.39, 0.29) is 50.9 Å². The maximum atomic E-state index is 12.7. The van der Waals surface area contributed by atoms with Gasteiger partial charge in [-0.25, -0.2) is 0 Å². The number of fused-ring (bicyclic) bond motifs is 4. The van der Waals surface area contributed by atoms with Crippen LogP contribution in [0.5, 0.6) is 23.0 Å². The zero-order valence-electron chi connectivity index (χ0n) is 18.2. The van der Waals surface area contributed by atoms with Crippen LogP contribution in [0.4, 0.5) is 0 Å². The van der Waals surface area contributed by atoms with Crippen molar-refractivity contribution in [2.75, 3.05) is 0 Å². The molecular formula is C25H26O6. The van der Waals surface area contributed by atoms with Gasteiger partial charge in [0.2, 0.25) is 0 Å². The van der Waals surface area contributed by atoms with Gasteiger partial charge < -0.3 is 24.5 Å². The van der Waals surface area contributed by atoms with E-state index >= 15 is 0 Å². The molecule has 3 N–H and O–H groups in total. The molecule has 1 aliphatic heterocycles. The molecular weight excluding hydrogens is 396 g/mol. The topological polar surface area (TPSA) is 100 Å². The van der Waals surface area contributed by atoms with Crippen molar-refractivity contribution in [1.29, 1.82) is 0 Å². The molecule has 5 rings (SSSR count). The Hall–Kier alpha value is -3.15. The third-order valence-electron chi connectivity index (χ3n) is 7.57. The first-order chi connectivity index (χ1) is 14.4. The van der Waals surface area contributed by atoms with Crippen LogP contribution in [0, 0.1) is 17.3 Å². The Kier molecular flexibility index (Phi) is 3.81. The number of phenols is 3. The molecule has 3 atom stereocenters. The lowest BCUT2D eigenvalue weighted by Gasteiger charge is -2.64. The number of phenolic OH excluding ortho intramolecular Hbond substituents is 3. The van der Waals surface area contributed by atoms with Gasteiger partial charge in [-0.15, -0.1) is 0 Å². The number of rotatable bonds is 1. The minimum atomic E-state index is -0.460. The predicted octanol–water partition coefficient (Wildman–Crippen LogP) is 5.12. The first kappa shape index (κ1) is 19.8. The van der Waals surface area contributed by atoms with E-state index in [0.29, 0.717) is 23.1 Å². The molecule has 1 aromatic heterocycles. The second-order valence-electron chi connectivity index (χ2n) is 10.0. The molecule has 1 fully saturated rings. The first-order valence-electron chi connectivity index (χ1n) is 10.5. The van der Waals surface area contributed by atoms with Crippen LogP contribution in [0.15, 0.2) is 39.5 Å².